The van der Waals surface area contributed by atoms with E-state index in [0.717, 1.165) is 34.1 Å². The molecular weight excluding hydrogens is 345 g/mol. The maximum Gasteiger partial charge on any atom is 0.253 e. The van der Waals surface area contributed by atoms with Crippen LogP contribution in [-0.4, -0.2) is 29.6 Å². The number of benzene rings is 3. The van der Waals surface area contributed by atoms with E-state index < -0.39 is 0 Å². The van der Waals surface area contributed by atoms with Crippen LogP contribution in [0, 0.1) is 5.82 Å². The molecule has 1 atom stereocenters. The molecule has 4 rings (SSSR count). The topological polar surface area (TPSA) is 20.3 Å². The molecule has 1 heterocycles. The summed E-state index contributed by atoms with van der Waals surface area (Å²) >= 11 is 1.74. The van der Waals surface area contributed by atoms with Crippen molar-refractivity contribution in [2.75, 3.05) is 18.8 Å². The molecule has 0 aromatic heterocycles. The van der Waals surface area contributed by atoms with Crippen LogP contribution in [0.15, 0.2) is 66.7 Å². The number of hydrogen-bond donors (Lipinski definition) is 0. The van der Waals surface area contributed by atoms with Crippen LogP contribution in [0.3, 0.4) is 0 Å². The lowest BCUT2D eigenvalue weighted by molar-refractivity contribution is 0.0766. The van der Waals surface area contributed by atoms with Gasteiger partial charge in [-0.1, -0.05) is 48.5 Å². The number of amides is 1. The lowest BCUT2D eigenvalue weighted by Crippen LogP contribution is -2.32. The average molecular weight is 365 g/mol. The van der Waals surface area contributed by atoms with Crippen molar-refractivity contribution in [3.05, 3.63) is 83.7 Å². The lowest BCUT2D eigenvalue weighted by atomic mass is 10.1. The molecule has 4 heteroatoms. The fourth-order valence-corrected chi connectivity index (χ4v) is 4.72. The fourth-order valence-electron chi connectivity index (χ4n) is 3.46. The van der Waals surface area contributed by atoms with Crippen LogP contribution in [0.4, 0.5) is 4.39 Å². The molecule has 1 saturated heterocycles. The van der Waals surface area contributed by atoms with E-state index in [1.807, 2.05) is 59.5 Å². The van der Waals surface area contributed by atoms with E-state index in [9.17, 15) is 9.18 Å². The number of rotatable bonds is 2. The maximum atomic E-state index is 14.1. The van der Waals surface area contributed by atoms with Gasteiger partial charge in [0.1, 0.15) is 5.82 Å². The molecular formula is C22H20FNOS. The molecule has 0 spiro atoms. The number of nitrogens with zero attached hydrogens (tertiary/aromatic N) is 1. The van der Waals surface area contributed by atoms with E-state index in [0.29, 0.717) is 13.1 Å². The highest BCUT2D eigenvalue weighted by molar-refractivity contribution is 7.99. The molecule has 3 aromatic rings. The SMILES string of the molecule is O=C(c1ccc2ccccc2c1)N1CCSC(c2ccccc2F)CC1. The molecule has 26 heavy (non-hydrogen) atoms. The van der Waals surface area contributed by atoms with Crippen LogP contribution >= 0.6 is 11.8 Å². The molecule has 132 valence electrons. The molecule has 1 amide bonds. The van der Waals surface area contributed by atoms with E-state index in [1.165, 1.54) is 6.07 Å². The van der Waals surface area contributed by atoms with E-state index in [4.69, 9.17) is 0 Å². The summed E-state index contributed by atoms with van der Waals surface area (Å²) in [6, 6.07) is 20.9. The van der Waals surface area contributed by atoms with Crippen LogP contribution in [0.25, 0.3) is 10.8 Å². The fraction of sp³-hybridized carbons (Fsp3) is 0.227. The van der Waals surface area contributed by atoms with Gasteiger partial charge in [0.05, 0.1) is 0 Å². The first-order valence-corrected chi connectivity index (χ1v) is 9.91. The summed E-state index contributed by atoms with van der Waals surface area (Å²) in [7, 11) is 0. The van der Waals surface area contributed by atoms with Crippen LogP contribution in [0.5, 0.6) is 0 Å². The molecule has 0 radical (unpaired) electrons. The third kappa shape index (κ3) is 3.47. The van der Waals surface area contributed by atoms with Gasteiger partial charge >= 0.3 is 0 Å². The van der Waals surface area contributed by atoms with Gasteiger partial charge in [-0.2, -0.15) is 11.8 Å². The number of fused-ring (bicyclic) bond motifs is 1. The van der Waals surface area contributed by atoms with Gasteiger partial charge in [0.15, 0.2) is 0 Å². The number of carbonyl (C=O) groups excluding carboxylic acids is 1. The zero-order valence-electron chi connectivity index (χ0n) is 14.4. The van der Waals surface area contributed by atoms with Crippen molar-refractivity contribution in [2.24, 2.45) is 0 Å². The minimum Gasteiger partial charge on any atom is -0.338 e. The van der Waals surface area contributed by atoms with Gasteiger partial charge in [0, 0.05) is 35.2 Å². The Morgan fingerprint density at radius 2 is 1.73 bits per heavy atom. The van der Waals surface area contributed by atoms with Crippen molar-refractivity contribution >= 4 is 28.4 Å². The second-order valence-electron chi connectivity index (χ2n) is 6.52. The van der Waals surface area contributed by atoms with Crippen molar-refractivity contribution in [1.29, 1.82) is 0 Å². The molecule has 1 fully saturated rings. The molecule has 2 nitrogen and oxygen atoms in total. The molecule has 1 unspecified atom stereocenters. The summed E-state index contributed by atoms with van der Waals surface area (Å²) in [5.74, 6) is 0.725. The highest BCUT2D eigenvalue weighted by atomic mass is 32.2. The number of carbonyl (C=O) groups is 1. The highest BCUT2D eigenvalue weighted by Crippen LogP contribution is 2.35. The van der Waals surface area contributed by atoms with Crippen LogP contribution in [0.1, 0.15) is 27.6 Å². The van der Waals surface area contributed by atoms with Crippen LogP contribution in [-0.2, 0) is 0 Å². The highest BCUT2D eigenvalue weighted by Gasteiger charge is 2.24. The first-order valence-electron chi connectivity index (χ1n) is 8.86. The third-order valence-corrected chi connectivity index (χ3v) is 6.19. The van der Waals surface area contributed by atoms with Gasteiger partial charge in [-0.3, -0.25) is 4.79 Å². The zero-order valence-corrected chi connectivity index (χ0v) is 15.2. The molecule has 0 saturated carbocycles. The Hall–Kier alpha value is -2.33. The van der Waals surface area contributed by atoms with Gasteiger partial charge in [-0.15, -0.1) is 0 Å². The number of hydrogen-bond acceptors (Lipinski definition) is 2. The molecule has 0 aliphatic carbocycles. The summed E-state index contributed by atoms with van der Waals surface area (Å²) in [5.41, 5.74) is 1.47. The first-order chi connectivity index (χ1) is 12.7. The zero-order chi connectivity index (χ0) is 17.9. The molecule has 3 aromatic carbocycles. The van der Waals surface area contributed by atoms with Crippen LogP contribution in [0.2, 0.25) is 0 Å². The minimum absolute atomic E-state index is 0.0607. The Labute approximate surface area is 157 Å². The Kier molecular flexibility index (Phi) is 4.93. The van der Waals surface area contributed by atoms with Crippen molar-refractivity contribution in [3.8, 4) is 0 Å². The second-order valence-corrected chi connectivity index (χ2v) is 7.83. The van der Waals surface area contributed by atoms with Gasteiger partial charge in [0.2, 0.25) is 0 Å². The molecule has 0 bridgehead atoms. The molecule has 1 aliphatic heterocycles. The standard InChI is InChI=1S/C22H20FNOS/c23-20-8-4-3-7-19(20)21-11-12-24(13-14-26-21)22(25)18-10-9-16-5-1-2-6-17(16)15-18/h1-10,15,21H,11-14H2. The summed E-state index contributed by atoms with van der Waals surface area (Å²) in [4.78, 5) is 14.8. The molecule has 1 aliphatic rings. The van der Waals surface area contributed by atoms with E-state index >= 15 is 0 Å². The van der Waals surface area contributed by atoms with E-state index in [2.05, 4.69) is 0 Å². The average Bonchev–Trinajstić information content (AvgIpc) is 2.93. The third-order valence-electron chi connectivity index (χ3n) is 4.88. The summed E-state index contributed by atoms with van der Waals surface area (Å²) in [5, 5.41) is 2.31. The monoisotopic (exact) mass is 365 g/mol. The van der Waals surface area contributed by atoms with E-state index in [1.54, 1.807) is 17.8 Å². The van der Waals surface area contributed by atoms with Crippen LogP contribution < -0.4 is 0 Å². The predicted octanol–water partition coefficient (Wildman–Crippen LogP) is 5.30. The Balaban J connectivity index is 1.51. The summed E-state index contributed by atoms with van der Waals surface area (Å²) < 4.78 is 14.1. The minimum atomic E-state index is -0.153. The summed E-state index contributed by atoms with van der Waals surface area (Å²) in [6.07, 6.45) is 0.769. The first kappa shape index (κ1) is 17.1. The second kappa shape index (κ2) is 7.50. The van der Waals surface area contributed by atoms with Crippen molar-refractivity contribution in [1.82, 2.24) is 4.90 Å². The predicted molar refractivity (Wildman–Crippen MR) is 106 cm³/mol. The Morgan fingerprint density at radius 1 is 0.962 bits per heavy atom. The normalized spacial score (nSPS) is 17.9. The number of thioether (sulfide) groups is 1. The van der Waals surface area contributed by atoms with Gasteiger partial charge in [0.25, 0.3) is 5.91 Å². The Morgan fingerprint density at radius 3 is 2.58 bits per heavy atom. The van der Waals surface area contributed by atoms with Crippen molar-refractivity contribution in [3.63, 3.8) is 0 Å². The van der Waals surface area contributed by atoms with Crippen molar-refractivity contribution < 1.29 is 9.18 Å². The van der Waals surface area contributed by atoms with Gasteiger partial charge < -0.3 is 4.90 Å². The molecule has 0 N–H and O–H groups in total. The lowest BCUT2D eigenvalue weighted by Gasteiger charge is -2.20. The quantitative estimate of drug-likeness (QED) is 0.614. The smallest absolute Gasteiger partial charge is 0.253 e. The van der Waals surface area contributed by atoms with Crippen molar-refractivity contribution in [2.45, 2.75) is 11.7 Å². The van der Waals surface area contributed by atoms with E-state index in [-0.39, 0.29) is 17.0 Å². The van der Waals surface area contributed by atoms with Gasteiger partial charge in [-0.25, -0.2) is 4.39 Å². The Bertz CT molecular complexity index is 942. The largest absolute Gasteiger partial charge is 0.338 e. The number of halogens is 1. The summed E-state index contributed by atoms with van der Waals surface area (Å²) in [6.45, 7) is 1.35. The van der Waals surface area contributed by atoms with Gasteiger partial charge in [-0.05, 0) is 35.4 Å². The maximum absolute atomic E-state index is 14.1.